The number of hydrogen-bond donors (Lipinski definition) is 1. The molecular formula is C24H25N3O4S. The zero-order chi connectivity index (χ0) is 22.6. The lowest BCUT2D eigenvalue weighted by Crippen LogP contribution is -2.52. The lowest BCUT2D eigenvalue weighted by atomic mass is 9.95. The second kappa shape index (κ2) is 9.50. The Morgan fingerprint density at radius 3 is 2.47 bits per heavy atom. The standard InChI is InChI=1S/C24H25N3O4S/c1-2-31-21-10-12-22(13-11-21)32(29,30)27-17-19-8-4-3-7-18(19)15-23(27)24(28)26-16-20-9-5-6-14-25-20/h3-14,23H,2,15-17H2,1H3,(H,26,28)/t23-/m0/s1. The van der Waals surface area contributed by atoms with Gasteiger partial charge in [0.05, 0.1) is 23.7 Å². The summed E-state index contributed by atoms with van der Waals surface area (Å²) in [5, 5.41) is 2.85. The molecular weight excluding hydrogens is 426 g/mol. The molecule has 0 saturated heterocycles. The van der Waals surface area contributed by atoms with Crippen molar-refractivity contribution in [2.45, 2.75) is 37.4 Å². The summed E-state index contributed by atoms with van der Waals surface area (Å²) in [4.78, 5) is 17.5. The van der Waals surface area contributed by atoms with E-state index in [0.717, 1.165) is 11.1 Å². The van der Waals surface area contributed by atoms with E-state index in [1.807, 2.05) is 43.3 Å². The number of amides is 1. The first-order valence-electron chi connectivity index (χ1n) is 10.5. The fourth-order valence-electron chi connectivity index (χ4n) is 3.78. The molecule has 166 valence electrons. The van der Waals surface area contributed by atoms with E-state index in [1.165, 1.54) is 16.4 Å². The monoisotopic (exact) mass is 451 g/mol. The van der Waals surface area contributed by atoms with E-state index < -0.39 is 16.1 Å². The zero-order valence-corrected chi connectivity index (χ0v) is 18.6. The molecule has 1 atom stereocenters. The van der Waals surface area contributed by atoms with Crippen molar-refractivity contribution in [3.8, 4) is 5.75 Å². The number of sulfonamides is 1. The largest absolute Gasteiger partial charge is 0.494 e. The molecule has 0 saturated carbocycles. The van der Waals surface area contributed by atoms with Gasteiger partial charge in [-0.1, -0.05) is 30.3 Å². The Morgan fingerprint density at radius 2 is 1.78 bits per heavy atom. The van der Waals surface area contributed by atoms with Crippen LogP contribution in [0.15, 0.2) is 77.8 Å². The molecule has 2 heterocycles. The molecule has 2 aromatic carbocycles. The van der Waals surface area contributed by atoms with Crippen LogP contribution in [0.25, 0.3) is 0 Å². The number of aromatic nitrogens is 1. The Bertz CT molecular complexity index is 1180. The molecule has 0 unspecified atom stereocenters. The van der Waals surface area contributed by atoms with Gasteiger partial charge in [-0.3, -0.25) is 9.78 Å². The number of rotatable bonds is 7. The summed E-state index contributed by atoms with van der Waals surface area (Å²) in [6.07, 6.45) is 1.96. The van der Waals surface area contributed by atoms with Gasteiger partial charge in [-0.15, -0.1) is 0 Å². The third kappa shape index (κ3) is 4.66. The van der Waals surface area contributed by atoms with E-state index in [-0.39, 0.29) is 23.9 Å². The van der Waals surface area contributed by atoms with Crippen molar-refractivity contribution in [3.63, 3.8) is 0 Å². The highest BCUT2D eigenvalue weighted by atomic mass is 32.2. The predicted octanol–water partition coefficient (Wildman–Crippen LogP) is 2.91. The molecule has 1 aliphatic heterocycles. The molecule has 0 radical (unpaired) electrons. The topological polar surface area (TPSA) is 88.6 Å². The maximum Gasteiger partial charge on any atom is 0.244 e. The first-order chi connectivity index (χ1) is 15.5. The Morgan fingerprint density at radius 1 is 1.06 bits per heavy atom. The minimum atomic E-state index is -3.91. The van der Waals surface area contributed by atoms with Gasteiger partial charge in [0.25, 0.3) is 0 Å². The number of carbonyl (C=O) groups excluding carboxylic acids is 1. The summed E-state index contributed by atoms with van der Waals surface area (Å²) >= 11 is 0. The third-order valence-corrected chi connectivity index (χ3v) is 7.29. The molecule has 7 nitrogen and oxygen atoms in total. The number of ether oxygens (including phenoxy) is 1. The molecule has 1 amide bonds. The summed E-state index contributed by atoms with van der Waals surface area (Å²) in [6, 6.07) is 18.5. The number of carbonyl (C=O) groups is 1. The average molecular weight is 452 g/mol. The highest BCUT2D eigenvalue weighted by molar-refractivity contribution is 7.89. The summed E-state index contributed by atoms with van der Waals surface area (Å²) < 4.78 is 33.8. The van der Waals surface area contributed by atoms with Crippen molar-refractivity contribution in [3.05, 3.63) is 89.7 Å². The Kier molecular flexibility index (Phi) is 6.53. The number of benzene rings is 2. The third-order valence-electron chi connectivity index (χ3n) is 5.42. The van der Waals surface area contributed by atoms with Crippen LogP contribution in [0.5, 0.6) is 5.75 Å². The molecule has 1 N–H and O–H groups in total. The van der Waals surface area contributed by atoms with Crippen LogP contribution >= 0.6 is 0 Å². The maximum absolute atomic E-state index is 13.5. The number of nitrogens with one attached hydrogen (secondary N) is 1. The van der Waals surface area contributed by atoms with E-state index in [0.29, 0.717) is 24.5 Å². The van der Waals surface area contributed by atoms with Crippen molar-refractivity contribution >= 4 is 15.9 Å². The highest BCUT2D eigenvalue weighted by Gasteiger charge is 2.39. The summed E-state index contributed by atoms with van der Waals surface area (Å²) in [7, 11) is -3.91. The van der Waals surface area contributed by atoms with Gasteiger partial charge in [0.1, 0.15) is 11.8 Å². The van der Waals surface area contributed by atoms with Crippen LogP contribution in [-0.2, 0) is 34.3 Å². The summed E-state index contributed by atoms with van der Waals surface area (Å²) in [5.74, 6) is 0.250. The van der Waals surface area contributed by atoms with Crippen LogP contribution in [0.1, 0.15) is 23.7 Å². The summed E-state index contributed by atoms with van der Waals surface area (Å²) in [5.41, 5.74) is 2.58. The van der Waals surface area contributed by atoms with Crippen LogP contribution < -0.4 is 10.1 Å². The number of fused-ring (bicyclic) bond motifs is 1. The molecule has 0 spiro atoms. The smallest absolute Gasteiger partial charge is 0.244 e. The van der Waals surface area contributed by atoms with Gasteiger partial charge in [-0.05, 0) is 60.9 Å². The molecule has 1 aliphatic rings. The Hall–Kier alpha value is -3.23. The number of hydrogen-bond acceptors (Lipinski definition) is 5. The normalized spacial score (nSPS) is 16.2. The van der Waals surface area contributed by atoms with Crippen LogP contribution in [0.3, 0.4) is 0 Å². The van der Waals surface area contributed by atoms with Crippen LogP contribution in [-0.4, -0.2) is 36.3 Å². The van der Waals surface area contributed by atoms with Gasteiger partial charge in [0, 0.05) is 12.7 Å². The molecule has 4 rings (SSSR count). The molecule has 0 fully saturated rings. The summed E-state index contributed by atoms with van der Waals surface area (Å²) in [6.45, 7) is 2.72. The first kappa shape index (κ1) is 22.0. The van der Waals surface area contributed by atoms with Gasteiger partial charge in [-0.2, -0.15) is 4.31 Å². The second-order valence-corrected chi connectivity index (χ2v) is 9.37. The lowest BCUT2D eigenvalue weighted by molar-refractivity contribution is -0.125. The Labute approximate surface area is 188 Å². The van der Waals surface area contributed by atoms with Gasteiger partial charge in [-0.25, -0.2) is 8.42 Å². The van der Waals surface area contributed by atoms with Gasteiger partial charge >= 0.3 is 0 Å². The van der Waals surface area contributed by atoms with Crippen LogP contribution in [0.2, 0.25) is 0 Å². The zero-order valence-electron chi connectivity index (χ0n) is 17.8. The molecule has 8 heteroatoms. The second-order valence-electron chi connectivity index (χ2n) is 7.48. The fraction of sp³-hybridized carbons (Fsp3) is 0.250. The van der Waals surface area contributed by atoms with E-state index >= 15 is 0 Å². The van der Waals surface area contributed by atoms with Gasteiger partial charge < -0.3 is 10.1 Å². The molecule has 0 aliphatic carbocycles. The Balaban J connectivity index is 1.62. The van der Waals surface area contributed by atoms with Crippen molar-refractivity contribution in [1.29, 1.82) is 0 Å². The molecule has 0 bridgehead atoms. The fourth-order valence-corrected chi connectivity index (χ4v) is 5.35. The van der Waals surface area contributed by atoms with Crippen molar-refractivity contribution in [2.75, 3.05) is 6.61 Å². The van der Waals surface area contributed by atoms with Crippen molar-refractivity contribution in [1.82, 2.24) is 14.6 Å². The quantitative estimate of drug-likeness (QED) is 0.597. The minimum Gasteiger partial charge on any atom is -0.494 e. The van der Waals surface area contributed by atoms with Crippen LogP contribution in [0.4, 0.5) is 0 Å². The minimum absolute atomic E-state index is 0.128. The van der Waals surface area contributed by atoms with E-state index in [2.05, 4.69) is 10.3 Å². The van der Waals surface area contributed by atoms with Crippen molar-refractivity contribution in [2.24, 2.45) is 0 Å². The number of nitrogens with zero attached hydrogens (tertiary/aromatic N) is 2. The molecule has 3 aromatic rings. The molecule has 32 heavy (non-hydrogen) atoms. The van der Waals surface area contributed by atoms with E-state index in [9.17, 15) is 13.2 Å². The molecule has 1 aromatic heterocycles. The van der Waals surface area contributed by atoms with E-state index in [1.54, 1.807) is 24.4 Å². The van der Waals surface area contributed by atoms with Gasteiger partial charge in [0.15, 0.2) is 0 Å². The SMILES string of the molecule is CCOc1ccc(S(=O)(=O)N2Cc3ccccc3C[C@H]2C(=O)NCc2ccccn2)cc1. The lowest BCUT2D eigenvalue weighted by Gasteiger charge is -2.35. The van der Waals surface area contributed by atoms with Crippen molar-refractivity contribution < 1.29 is 17.9 Å². The first-order valence-corrected chi connectivity index (χ1v) is 11.9. The van der Waals surface area contributed by atoms with Crippen LogP contribution in [0, 0.1) is 0 Å². The predicted molar refractivity (Wildman–Crippen MR) is 120 cm³/mol. The maximum atomic E-state index is 13.5. The van der Waals surface area contributed by atoms with E-state index in [4.69, 9.17) is 4.74 Å². The van der Waals surface area contributed by atoms with Gasteiger partial charge in [0.2, 0.25) is 15.9 Å². The number of pyridine rings is 1. The average Bonchev–Trinajstić information content (AvgIpc) is 2.83. The highest BCUT2D eigenvalue weighted by Crippen LogP contribution is 2.30.